The van der Waals surface area contributed by atoms with Crippen molar-refractivity contribution in [2.75, 3.05) is 0 Å². The molecule has 5 nitrogen and oxygen atoms in total. The van der Waals surface area contributed by atoms with E-state index in [-0.39, 0.29) is 5.82 Å². The van der Waals surface area contributed by atoms with E-state index in [1.165, 1.54) is 6.21 Å². The van der Waals surface area contributed by atoms with E-state index in [0.29, 0.717) is 11.6 Å². The number of hydrogen-bond acceptors (Lipinski definition) is 5. The molecule has 1 N–H and O–H groups in total. The maximum atomic E-state index is 8.46. The van der Waals surface area contributed by atoms with Crippen LogP contribution in [0.25, 0.3) is 11.4 Å². The van der Waals surface area contributed by atoms with Gasteiger partial charge in [-0.3, -0.25) is 0 Å². The van der Waals surface area contributed by atoms with Gasteiger partial charge in [0.2, 0.25) is 3.79 Å². The molecule has 0 radical (unpaired) electrons. The minimum atomic E-state index is -1.70. The molecule has 2 rings (SSSR count). The second-order valence-corrected chi connectivity index (χ2v) is 6.18. The minimum Gasteiger partial charge on any atom is -0.411 e. The quantitative estimate of drug-likeness (QED) is 0.396. The van der Waals surface area contributed by atoms with Crippen LogP contribution < -0.4 is 0 Å². The molecule has 8 heteroatoms. The van der Waals surface area contributed by atoms with E-state index in [4.69, 9.17) is 40.0 Å². The molecule has 0 unspecified atom stereocenters. The molecular formula is C12H9Cl3N4O. The van der Waals surface area contributed by atoms with Crippen molar-refractivity contribution in [3.8, 4) is 11.4 Å². The topological polar surface area (TPSA) is 71.3 Å². The van der Waals surface area contributed by atoms with Crippen LogP contribution in [0.3, 0.4) is 0 Å². The second-order valence-electron chi connectivity index (χ2n) is 3.89. The molecule has 0 aliphatic heterocycles. The first-order valence-electron chi connectivity index (χ1n) is 5.48. The van der Waals surface area contributed by atoms with Crippen molar-refractivity contribution < 1.29 is 5.21 Å². The summed E-state index contributed by atoms with van der Waals surface area (Å²) in [5.74, 6) is 0.939. The molecule has 1 aromatic heterocycles. The highest BCUT2D eigenvalue weighted by Crippen LogP contribution is 2.36. The van der Waals surface area contributed by atoms with Gasteiger partial charge in [-0.25, -0.2) is 15.0 Å². The van der Waals surface area contributed by atoms with Gasteiger partial charge in [0.05, 0.1) is 6.21 Å². The summed E-state index contributed by atoms with van der Waals surface area (Å²) in [5.41, 5.74) is 1.48. The monoisotopic (exact) mass is 330 g/mol. The third-order valence-corrected chi connectivity index (χ3v) is 2.88. The highest BCUT2D eigenvalue weighted by molar-refractivity contribution is 6.66. The van der Waals surface area contributed by atoms with E-state index in [0.717, 1.165) is 11.1 Å². The second kappa shape index (κ2) is 5.91. The summed E-state index contributed by atoms with van der Waals surface area (Å²) in [5, 5.41) is 11.4. The Labute approximate surface area is 130 Å². The van der Waals surface area contributed by atoms with Gasteiger partial charge in [-0.15, -0.1) is 0 Å². The van der Waals surface area contributed by atoms with Crippen molar-refractivity contribution in [1.82, 2.24) is 15.0 Å². The Kier molecular flexibility index (Phi) is 4.42. The van der Waals surface area contributed by atoms with Gasteiger partial charge < -0.3 is 5.21 Å². The zero-order valence-electron chi connectivity index (χ0n) is 10.3. The van der Waals surface area contributed by atoms with Crippen molar-refractivity contribution in [1.29, 1.82) is 0 Å². The van der Waals surface area contributed by atoms with Crippen LogP contribution in [0.15, 0.2) is 29.4 Å². The van der Waals surface area contributed by atoms with Crippen LogP contribution in [-0.4, -0.2) is 26.4 Å². The summed E-state index contributed by atoms with van der Waals surface area (Å²) < 4.78 is -1.70. The molecule has 0 saturated heterocycles. The van der Waals surface area contributed by atoms with Gasteiger partial charge in [0.25, 0.3) is 0 Å². The molecule has 0 aliphatic carbocycles. The highest BCUT2D eigenvalue weighted by atomic mass is 35.6. The average molecular weight is 332 g/mol. The largest absolute Gasteiger partial charge is 0.411 e. The summed E-state index contributed by atoms with van der Waals surface area (Å²) in [6.07, 6.45) is 1.31. The summed E-state index contributed by atoms with van der Waals surface area (Å²) >= 11 is 17.4. The predicted octanol–water partition coefficient (Wildman–Crippen LogP) is 3.48. The smallest absolute Gasteiger partial charge is 0.250 e. The van der Waals surface area contributed by atoms with Crippen LogP contribution in [0.2, 0.25) is 0 Å². The molecule has 0 atom stereocenters. The molecule has 1 heterocycles. The van der Waals surface area contributed by atoms with Gasteiger partial charge in [-0.1, -0.05) is 64.2 Å². The summed E-state index contributed by atoms with van der Waals surface area (Å²) in [6, 6.07) is 7.05. The highest BCUT2D eigenvalue weighted by Gasteiger charge is 2.27. The normalized spacial score (nSPS) is 12.0. The zero-order valence-corrected chi connectivity index (χ0v) is 12.5. The number of rotatable bonds is 2. The lowest BCUT2D eigenvalue weighted by Crippen LogP contribution is -2.11. The number of nitrogens with zero attached hydrogens (tertiary/aromatic N) is 4. The Balaban J connectivity index is 2.44. The molecule has 104 valence electrons. The lowest BCUT2D eigenvalue weighted by Gasteiger charge is -2.11. The number of aryl methyl sites for hydroxylation is 1. The average Bonchev–Trinajstić information content (AvgIpc) is 2.38. The molecule has 0 bridgehead atoms. The summed E-state index contributed by atoms with van der Waals surface area (Å²) in [6.45, 7) is 1.69. The van der Waals surface area contributed by atoms with Crippen molar-refractivity contribution in [2.24, 2.45) is 5.16 Å². The number of alkyl halides is 3. The van der Waals surface area contributed by atoms with Crippen molar-refractivity contribution >= 4 is 41.0 Å². The van der Waals surface area contributed by atoms with Crippen molar-refractivity contribution in [3.63, 3.8) is 0 Å². The predicted molar refractivity (Wildman–Crippen MR) is 78.6 cm³/mol. The Bertz CT molecular complexity index is 638. The van der Waals surface area contributed by atoms with E-state index in [1.54, 1.807) is 31.2 Å². The molecule has 0 aliphatic rings. The standard InChI is InChI=1S/C12H9Cl3N4O/c1-7-17-10(19-11(18-7)12(13,14)15)9-4-2-8(3-5-9)6-16-20/h2-6,20H,1H3/b16-6-. The van der Waals surface area contributed by atoms with Crippen LogP contribution in [0.1, 0.15) is 17.2 Å². The van der Waals surface area contributed by atoms with Crippen LogP contribution in [0, 0.1) is 6.92 Å². The van der Waals surface area contributed by atoms with Crippen LogP contribution in [0.5, 0.6) is 0 Å². The van der Waals surface area contributed by atoms with E-state index in [9.17, 15) is 0 Å². The van der Waals surface area contributed by atoms with Crippen molar-refractivity contribution in [2.45, 2.75) is 10.7 Å². The lowest BCUT2D eigenvalue weighted by atomic mass is 10.1. The van der Waals surface area contributed by atoms with E-state index < -0.39 is 3.79 Å². The van der Waals surface area contributed by atoms with Gasteiger partial charge >= 0.3 is 0 Å². The zero-order chi connectivity index (χ0) is 14.8. The van der Waals surface area contributed by atoms with Gasteiger partial charge in [0, 0.05) is 5.56 Å². The number of halogens is 3. The molecule has 1 aromatic carbocycles. The molecule has 0 amide bonds. The first-order valence-corrected chi connectivity index (χ1v) is 6.61. The van der Waals surface area contributed by atoms with Gasteiger partial charge in [-0.05, 0) is 12.5 Å². The van der Waals surface area contributed by atoms with Crippen LogP contribution in [0.4, 0.5) is 0 Å². The molecule has 0 fully saturated rings. The fourth-order valence-electron chi connectivity index (χ4n) is 1.52. The number of oxime groups is 1. The molecule has 0 spiro atoms. The minimum absolute atomic E-state index is 0.0750. The number of aromatic nitrogens is 3. The Morgan fingerprint density at radius 2 is 1.75 bits per heavy atom. The van der Waals surface area contributed by atoms with E-state index >= 15 is 0 Å². The first kappa shape index (κ1) is 15.0. The fourth-order valence-corrected chi connectivity index (χ4v) is 1.78. The van der Waals surface area contributed by atoms with Gasteiger partial charge in [0.15, 0.2) is 11.6 Å². The maximum Gasteiger partial charge on any atom is 0.250 e. The lowest BCUT2D eigenvalue weighted by molar-refractivity contribution is 0.322. The fraction of sp³-hybridized carbons (Fsp3) is 0.167. The van der Waals surface area contributed by atoms with E-state index in [2.05, 4.69) is 20.1 Å². The first-order chi connectivity index (χ1) is 9.40. The van der Waals surface area contributed by atoms with Gasteiger partial charge in [-0.2, -0.15) is 0 Å². The Morgan fingerprint density at radius 3 is 2.30 bits per heavy atom. The maximum absolute atomic E-state index is 8.46. The molecule has 2 aromatic rings. The van der Waals surface area contributed by atoms with Crippen LogP contribution >= 0.6 is 34.8 Å². The third-order valence-electron chi connectivity index (χ3n) is 2.38. The molecule has 20 heavy (non-hydrogen) atoms. The van der Waals surface area contributed by atoms with E-state index in [1.807, 2.05) is 0 Å². The van der Waals surface area contributed by atoms with Crippen LogP contribution in [-0.2, 0) is 3.79 Å². The van der Waals surface area contributed by atoms with Gasteiger partial charge in [0.1, 0.15) is 5.82 Å². The molecule has 0 saturated carbocycles. The SMILES string of the molecule is Cc1nc(-c2ccc(/C=N\O)cc2)nc(C(Cl)(Cl)Cl)n1. The molecular weight excluding hydrogens is 323 g/mol. The Morgan fingerprint density at radius 1 is 1.10 bits per heavy atom. The number of hydrogen-bond donors (Lipinski definition) is 1. The van der Waals surface area contributed by atoms with Crippen molar-refractivity contribution in [3.05, 3.63) is 41.5 Å². The third kappa shape index (κ3) is 3.56. The summed E-state index contributed by atoms with van der Waals surface area (Å²) in [7, 11) is 0. The number of benzene rings is 1. The Hall–Kier alpha value is -1.43. The summed E-state index contributed by atoms with van der Waals surface area (Å²) in [4.78, 5) is 12.4.